The fraction of sp³-hybridized carbons (Fsp3) is 0.429. The summed E-state index contributed by atoms with van der Waals surface area (Å²) in [6, 6.07) is 41.4. The Morgan fingerprint density at radius 2 is 0.700 bits per heavy atom. The third-order valence-electron chi connectivity index (χ3n) is 10.5. The lowest BCUT2D eigenvalue weighted by Gasteiger charge is -2.43. The van der Waals surface area contributed by atoms with Gasteiger partial charge in [-0.3, -0.25) is 0 Å². The number of hydrogen-bond acceptors (Lipinski definition) is 6. The van der Waals surface area contributed by atoms with E-state index in [2.05, 4.69) is 90.1 Å². The summed E-state index contributed by atoms with van der Waals surface area (Å²) in [6.07, 6.45) is 0.927. The van der Waals surface area contributed by atoms with Crippen LogP contribution in [0.2, 0.25) is 10.1 Å². The van der Waals surface area contributed by atoms with E-state index in [1.807, 2.05) is 72.8 Å². The van der Waals surface area contributed by atoms with E-state index >= 15 is 0 Å². The normalized spacial score (nSPS) is 18.0. The van der Waals surface area contributed by atoms with Gasteiger partial charge in [0.05, 0.1) is 24.4 Å². The van der Waals surface area contributed by atoms with Crippen molar-refractivity contribution in [2.75, 3.05) is 13.2 Å². The fourth-order valence-electron chi connectivity index (χ4n) is 7.16. The number of benzene rings is 4. The smallest absolute Gasteiger partial charge is 0.261 e. The third kappa shape index (κ3) is 7.93. The quantitative estimate of drug-likeness (QED) is 0.156. The van der Waals surface area contributed by atoms with Crippen LogP contribution in [0.5, 0.6) is 0 Å². The molecule has 0 bridgehead atoms. The summed E-state index contributed by atoms with van der Waals surface area (Å²) in [7, 11) is -5.27. The number of aliphatic hydroxyl groups is 4. The highest BCUT2D eigenvalue weighted by Gasteiger charge is 2.54. The third-order valence-corrected chi connectivity index (χ3v) is 20.5. The molecule has 4 aromatic carbocycles. The molecule has 6 nitrogen and oxygen atoms in total. The molecule has 2 atom stereocenters. The van der Waals surface area contributed by atoms with Crippen molar-refractivity contribution in [3.8, 4) is 0 Å². The minimum Gasteiger partial charge on any atom is -0.405 e. The van der Waals surface area contributed by atoms with E-state index in [1.165, 1.54) is 20.7 Å². The molecule has 2 saturated carbocycles. The van der Waals surface area contributed by atoms with Gasteiger partial charge in [-0.1, -0.05) is 163 Å². The zero-order chi connectivity index (χ0) is 36.3. The van der Waals surface area contributed by atoms with Crippen molar-refractivity contribution in [1.82, 2.24) is 0 Å². The molecule has 8 heteroatoms. The van der Waals surface area contributed by atoms with Crippen LogP contribution in [0.25, 0.3) is 0 Å². The van der Waals surface area contributed by atoms with Gasteiger partial charge in [-0.05, 0) is 56.5 Å². The van der Waals surface area contributed by atoms with Crippen LogP contribution in [0, 0.1) is 0 Å². The zero-order valence-electron chi connectivity index (χ0n) is 30.5. The van der Waals surface area contributed by atoms with E-state index < -0.39 is 40.0 Å². The Morgan fingerprint density at radius 1 is 0.480 bits per heavy atom. The van der Waals surface area contributed by atoms with Gasteiger partial charge >= 0.3 is 0 Å². The molecule has 0 radical (unpaired) electrons. The minimum absolute atomic E-state index is 0.123. The first-order valence-corrected chi connectivity index (χ1v) is 21.7. The van der Waals surface area contributed by atoms with Gasteiger partial charge < -0.3 is 29.3 Å². The molecule has 2 fully saturated rings. The van der Waals surface area contributed by atoms with E-state index in [9.17, 15) is 20.4 Å². The maximum Gasteiger partial charge on any atom is 0.261 e. The molecule has 2 aliphatic carbocycles. The Hall–Kier alpha value is -2.93. The van der Waals surface area contributed by atoms with Crippen molar-refractivity contribution in [1.29, 1.82) is 0 Å². The lowest BCUT2D eigenvalue weighted by Crippen LogP contribution is -2.67. The highest BCUT2D eigenvalue weighted by molar-refractivity contribution is 7.00. The molecule has 0 spiro atoms. The Morgan fingerprint density at radius 3 is 0.880 bits per heavy atom. The van der Waals surface area contributed by atoms with E-state index in [0.717, 1.165) is 0 Å². The second kappa shape index (κ2) is 15.0. The van der Waals surface area contributed by atoms with E-state index in [1.54, 1.807) is 0 Å². The lowest BCUT2D eigenvalue weighted by atomic mass is 10.2. The Kier molecular flexibility index (Phi) is 11.5. The highest BCUT2D eigenvalue weighted by atomic mass is 28.4. The molecule has 0 aromatic heterocycles. The first kappa shape index (κ1) is 38.3. The van der Waals surface area contributed by atoms with Crippen LogP contribution in [-0.2, 0) is 8.85 Å². The first-order chi connectivity index (χ1) is 23.6. The largest absolute Gasteiger partial charge is 0.405 e. The van der Waals surface area contributed by atoms with Gasteiger partial charge in [-0.2, -0.15) is 0 Å². The maximum absolute atomic E-state index is 10.4. The highest BCUT2D eigenvalue weighted by Crippen LogP contribution is 2.42. The van der Waals surface area contributed by atoms with Gasteiger partial charge in [0, 0.05) is 0 Å². The maximum atomic E-state index is 10.4. The van der Waals surface area contributed by atoms with Gasteiger partial charge in [0.1, 0.15) is 12.2 Å². The van der Waals surface area contributed by atoms with Gasteiger partial charge in [-0.25, -0.2) is 0 Å². The van der Waals surface area contributed by atoms with Crippen LogP contribution in [0.1, 0.15) is 67.2 Å². The van der Waals surface area contributed by atoms with Crippen LogP contribution < -0.4 is 20.7 Å². The van der Waals surface area contributed by atoms with Gasteiger partial charge in [0.15, 0.2) is 0 Å². The predicted octanol–water partition coefficient (Wildman–Crippen LogP) is 4.90. The fourth-order valence-corrected chi connectivity index (χ4v) is 16.3. The lowest BCUT2D eigenvalue weighted by molar-refractivity contribution is -0.0269. The van der Waals surface area contributed by atoms with Crippen LogP contribution in [0.4, 0.5) is 0 Å². The summed E-state index contributed by atoms with van der Waals surface area (Å²) < 4.78 is 13.2. The van der Waals surface area contributed by atoms with Gasteiger partial charge in [0.25, 0.3) is 16.6 Å². The van der Waals surface area contributed by atoms with Crippen LogP contribution >= 0.6 is 0 Å². The molecule has 0 amide bonds. The second-order valence-corrected chi connectivity index (χ2v) is 24.8. The SMILES string of the molecule is CC(C)(C)[Si](OC[C@@H](O)C1(O)CC1)(c1ccccc1)c1ccccc1.CC(C)(C)[Si](OC[C@H](O)C1(O)CC1)(c1ccccc1)c1ccccc1. The minimum atomic E-state index is -2.63. The Balaban J connectivity index is 0.000000194. The van der Waals surface area contributed by atoms with Gasteiger partial charge in [-0.15, -0.1) is 0 Å². The summed E-state index contributed by atoms with van der Waals surface area (Å²) >= 11 is 0. The summed E-state index contributed by atoms with van der Waals surface area (Å²) in [5, 5.41) is 45.8. The first-order valence-electron chi connectivity index (χ1n) is 17.9. The summed E-state index contributed by atoms with van der Waals surface area (Å²) in [4.78, 5) is 0. The van der Waals surface area contributed by atoms with Crippen LogP contribution in [0.3, 0.4) is 0 Å². The molecule has 268 valence electrons. The molecule has 2 aliphatic rings. The van der Waals surface area contributed by atoms with Crippen LogP contribution in [-0.4, -0.2) is 73.7 Å². The summed E-state index contributed by atoms with van der Waals surface area (Å²) in [5.41, 5.74) is -1.91. The zero-order valence-corrected chi connectivity index (χ0v) is 32.5. The molecular formula is C42H56O6Si2. The molecule has 4 N–H and O–H groups in total. The topological polar surface area (TPSA) is 99.4 Å². The summed E-state index contributed by atoms with van der Waals surface area (Å²) in [5.74, 6) is 0. The number of aliphatic hydroxyl groups excluding tert-OH is 2. The molecule has 0 heterocycles. The molecule has 0 aliphatic heterocycles. The Labute approximate surface area is 301 Å². The van der Waals surface area contributed by atoms with Crippen molar-refractivity contribution in [2.24, 2.45) is 0 Å². The standard InChI is InChI=1S/2C21H28O3Si/c2*1-20(2,3)25(17-10-6-4-7-11-17,18-12-8-5-9-13-18)24-16-19(22)21(23)14-15-21/h2*4-13,19,22-23H,14-16H2,1-3H3/t2*19-/m10/s1. The molecule has 50 heavy (non-hydrogen) atoms. The monoisotopic (exact) mass is 712 g/mol. The molecule has 6 rings (SSSR count). The molecule has 4 aromatic rings. The summed E-state index contributed by atoms with van der Waals surface area (Å²) in [6.45, 7) is 13.5. The van der Waals surface area contributed by atoms with Crippen molar-refractivity contribution >= 4 is 37.4 Å². The van der Waals surface area contributed by atoms with Crippen molar-refractivity contribution in [2.45, 2.75) is 101 Å². The molecule has 0 unspecified atom stereocenters. The Bertz CT molecular complexity index is 1430. The van der Waals surface area contributed by atoms with E-state index in [-0.39, 0.29) is 23.3 Å². The van der Waals surface area contributed by atoms with Crippen molar-refractivity contribution < 1.29 is 29.3 Å². The molecular weight excluding hydrogens is 657 g/mol. The number of rotatable bonds is 12. The number of hydrogen-bond donors (Lipinski definition) is 4. The average molecular weight is 713 g/mol. The van der Waals surface area contributed by atoms with Crippen molar-refractivity contribution in [3.63, 3.8) is 0 Å². The van der Waals surface area contributed by atoms with Crippen LogP contribution in [0.15, 0.2) is 121 Å². The molecule has 0 saturated heterocycles. The van der Waals surface area contributed by atoms with Gasteiger partial charge in [0.2, 0.25) is 0 Å². The average Bonchev–Trinajstić information content (AvgIpc) is 4.04. The van der Waals surface area contributed by atoms with Crippen molar-refractivity contribution in [3.05, 3.63) is 121 Å². The van der Waals surface area contributed by atoms with E-state index in [4.69, 9.17) is 8.85 Å². The second-order valence-electron chi connectivity index (χ2n) is 16.2. The van der Waals surface area contributed by atoms with E-state index in [0.29, 0.717) is 25.7 Å². The predicted molar refractivity (Wildman–Crippen MR) is 208 cm³/mol.